The summed E-state index contributed by atoms with van der Waals surface area (Å²) in [5, 5.41) is 0. The number of hydrogen-bond acceptors (Lipinski definition) is 5. The summed E-state index contributed by atoms with van der Waals surface area (Å²) in [7, 11) is 1.68. The second-order valence-corrected chi connectivity index (χ2v) is 10.1. The van der Waals surface area contributed by atoms with Crippen molar-refractivity contribution in [3.63, 3.8) is 0 Å². The van der Waals surface area contributed by atoms with Gasteiger partial charge in [-0.1, -0.05) is 38.3 Å². The molecule has 3 heterocycles. The highest BCUT2D eigenvalue weighted by Gasteiger charge is 2.39. The van der Waals surface area contributed by atoms with Crippen molar-refractivity contribution in [3.8, 4) is 28.3 Å². The van der Waals surface area contributed by atoms with Crippen LogP contribution in [0.2, 0.25) is 0 Å². The van der Waals surface area contributed by atoms with Gasteiger partial charge in [-0.15, -0.1) is 0 Å². The molecule has 182 valence electrons. The minimum atomic E-state index is -0.180. The highest BCUT2D eigenvalue weighted by atomic mass is 16.5. The lowest BCUT2D eigenvalue weighted by molar-refractivity contribution is -0.144. The number of piperidine rings is 1. The highest BCUT2D eigenvalue weighted by Crippen LogP contribution is 2.40. The van der Waals surface area contributed by atoms with Crippen LogP contribution in [0, 0.1) is 5.41 Å². The number of carbonyl (C=O) groups excluding carboxylic acids is 1. The molecule has 5 rings (SSSR count). The molecule has 0 radical (unpaired) electrons. The monoisotopic (exact) mass is 470 g/mol. The molecule has 3 aromatic rings. The zero-order valence-electron chi connectivity index (χ0n) is 20.7. The summed E-state index contributed by atoms with van der Waals surface area (Å²) in [4.78, 5) is 29.4. The Morgan fingerprint density at radius 2 is 1.77 bits per heavy atom. The number of benzene rings is 1. The lowest BCUT2D eigenvalue weighted by Gasteiger charge is -2.40. The van der Waals surface area contributed by atoms with Crippen LogP contribution in [0.25, 0.3) is 22.5 Å². The number of hydrogen-bond donors (Lipinski definition) is 0. The van der Waals surface area contributed by atoms with E-state index >= 15 is 0 Å². The first kappa shape index (κ1) is 23.5. The van der Waals surface area contributed by atoms with E-state index in [0.29, 0.717) is 11.7 Å². The number of carbonyl (C=O) groups is 1. The van der Waals surface area contributed by atoms with Crippen molar-refractivity contribution in [2.75, 3.05) is 20.2 Å². The van der Waals surface area contributed by atoms with Crippen molar-refractivity contribution < 1.29 is 9.53 Å². The van der Waals surface area contributed by atoms with Crippen LogP contribution in [0.3, 0.4) is 0 Å². The molecular weight excluding hydrogens is 436 g/mol. The van der Waals surface area contributed by atoms with Gasteiger partial charge in [0.1, 0.15) is 5.75 Å². The van der Waals surface area contributed by atoms with Crippen LogP contribution in [0.4, 0.5) is 0 Å². The number of ether oxygens (including phenoxy) is 1. The molecule has 2 aliphatic rings. The molecule has 1 amide bonds. The zero-order chi connectivity index (χ0) is 24.3. The second-order valence-electron chi connectivity index (χ2n) is 10.1. The number of likely N-dealkylation sites (tertiary alicyclic amines) is 1. The highest BCUT2D eigenvalue weighted by molar-refractivity contribution is 5.82. The minimum Gasteiger partial charge on any atom is -0.497 e. The predicted octanol–water partition coefficient (Wildman–Crippen LogP) is 5.89. The summed E-state index contributed by atoms with van der Waals surface area (Å²) in [6.45, 7) is 3.74. The average molecular weight is 471 g/mol. The van der Waals surface area contributed by atoms with E-state index in [-0.39, 0.29) is 11.3 Å². The van der Waals surface area contributed by atoms with Gasteiger partial charge in [-0.25, -0.2) is 9.97 Å². The Hall–Kier alpha value is -3.28. The van der Waals surface area contributed by atoms with Crippen molar-refractivity contribution in [2.45, 2.75) is 57.8 Å². The van der Waals surface area contributed by atoms with Crippen molar-refractivity contribution in [2.24, 2.45) is 5.41 Å². The van der Waals surface area contributed by atoms with Gasteiger partial charge in [0.05, 0.1) is 12.8 Å². The maximum atomic E-state index is 13.4. The molecule has 0 N–H and O–H groups in total. The number of pyridine rings is 1. The molecule has 1 aromatic carbocycles. The largest absolute Gasteiger partial charge is 0.497 e. The van der Waals surface area contributed by atoms with E-state index in [2.05, 4.69) is 22.9 Å². The van der Waals surface area contributed by atoms with Crippen LogP contribution in [-0.4, -0.2) is 46.0 Å². The maximum Gasteiger partial charge on any atom is 0.228 e. The normalized spacial score (nSPS) is 18.3. The van der Waals surface area contributed by atoms with Crippen molar-refractivity contribution in [3.05, 3.63) is 60.7 Å². The summed E-state index contributed by atoms with van der Waals surface area (Å²) in [6, 6.07) is 12.0. The standard InChI is InChI=1S/C29H34N4O2/c1-29(13-4-3-5-14-29)28(34)33-17-11-21(12-18-33)26-25(23-7-6-8-24(19-23)35-2)20-31-27(32-26)22-9-15-30-16-10-22/h6-10,15-16,19-21H,3-5,11-14,17-18H2,1-2H3. The fourth-order valence-electron chi connectivity index (χ4n) is 5.64. The van der Waals surface area contributed by atoms with E-state index in [4.69, 9.17) is 14.7 Å². The molecule has 1 saturated heterocycles. The second kappa shape index (κ2) is 10.1. The molecule has 6 nitrogen and oxygen atoms in total. The van der Waals surface area contributed by atoms with Crippen LogP contribution < -0.4 is 4.74 Å². The molecule has 1 aliphatic carbocycles. The number of rotatable bonds is 5. The summed E-state index contributed by atoms with van der Waals surface area (Å²) in [5.74, 6) is 2.14. The van der Waals surface area contributed by atoms with Gasteiger partial charge in [-0.05, 0) is 55.5 Å². The predicted molar refractivity (Wildman–Crippen MR) is 137 cm³/mol. The lowest BCUT2D eigenvalue weighted by Crippen LogP contribution is -2.46. The Kier molecular flexibility index (Phi) is 6.80. The molecule has 1 saturated carbocycles. The first-order valence-electron chi connectivity index (χ1n) is 12.8. The van der Waals surface area contributed by atoms with Gasteiger partial charge >= 0.3 is 0 Å². The van der Waals surface area contributed by atoms with Crippen LogP contribution >= 0.6 is 0 Å². The summed E-state index contributed by atoms with van der Waals surface area (Å²) >= 11 is 0. The Morgan fingerprint density at radius 3 is 2.49 bits per heavy atom. The molecule has 0 atom stereocenters. The van der Waals surface area contributed by atoms with Gasteiger partial charge in [0.2, 0.25) is 5.91 Å². The molecule has 0 unspecified atom stereocenters. The van der Waals surface area contributed by atoms with Gasteiger partial charge < -0.3 is 9.64 Å². The van der Waals surface area contributed by atoms with Crippen molar-refractivity contribution in [1.29, 1.82) is 0 Å². The number of aromatic nitrogens is 3. The fourth-order valence-corrected chi connectivity index (χ4v) is 5.64. The van der Waals surface area contributed by atoms with Crippen LogP contribution in [-0.2, 0) is 4.79 Å². The van der Waals surface area contributed by atoms with Gasteiger partial charge in [0, 0.05) is 54.1 Å². The molecule has 35 heavy (non-hydrogen) atoms. The van der Waals surface area contributed by atoms with E-state index in [1.54, 1.807) is 19.5 Å². The molecule has 0 spiro atoms. The third-order valence-electron chi connectivity index (χ3n) is 7.78. The van der Waals surface area contributed by atoms with Crippen molar-refractivity contribution >= 4 is 5.91 Å². The summed E-state index contributed by atoms with van der Waals surface area (Å²) in [5.41, 5.74) is 3.91. The quantitative estimate of drug-likeness (QED) is 0.465. The van der Waals surface area contributed by atoms with E-state index in [1.165, 1.54) is 19.3 Å². The van der Waals surface area contributed by atoms with Gasteiger partial charge in [0.15, 0.2) is 5.82 Å². The van der Waals surface area contributed by atoms with Crippen LogP contribution in [0.15, 0.2) is 55.0 Å². The van der Waals surface area contributed by atoms with Gasteiger partial charge in [-0.3, -0.25) is 9.78 Å². The van der Waals surface area contributed by atoms with E-state index in [0.717, 1.165) is 66.9 Å². The Morgan fingerprint density at radius 1 is 1.03 bits per heavy atom. The zero-order valence-corrected chi connectivity index (χ0v) is 20.7. The van der Waals surface area contributed by atoms with E-state index < -0.39 is 0 Å². The van der Waals surface area contributed by atoms with Gasteiger partial charge in [-0.2, -0.15) is 0 Å². The number of amides is 1. The Bertz CT molecular complexity index is 1170. The molecule has 2 aromatic heterocycles. The Balaban J connectivity index is 1.43. The van der Waals surface area contributed by atoms with Crippen LogP contribution in [0.1, 0.15) is 63.5 Å². The topological polar surface area (TPSA) is 68.2 Å². The maximum absolute atomic E-state index is 13.4. The minimum absolute atomic E-state index is 0.180. The van der Waals surface area contributed by atoms with E-state index in [1.807, 2.05) is 36.5 Å². The molecular formula is C29H34N4O2. The third kappa shape index (κ3) is 4.93. The number of nitrogens with zero attached hydrogens (tertiary/aromatic N) is 4. The van der Waals surface area contributed by atoms with Crippen molar-refractivity contribution in [1.82, 2.24) is 19.9 Å². The Labute approximate surface area is 207 Å². The molecule has 2 fully saturated rings. The first-order chi connectivity index (χ1) is 17.1. The molecule has 1 aliphatic heterocycles. The SMILES string of the molecule is COc1cccc(-c2cnc(-c3ccncc3)nc2C2CCN(C(=O)C3(C)CCCCC3)CC2)c1. The summed E-state index contributed by atoms with van der Waals surface area (Å²) < 4.78 is 5.47. The van der Waals surface area contributed by atoms with Crippen LogP contribution in [0.5, 0.6) is 5.75 Å². The molecule has 6 heteroatoms. The first-order valence-corrected chi connectivity index (χ1v) is 12.8. The number of methoxy groups -OCH3 is 1. The molecule has 0 bridgehead atoms. The van der Waals surface area contributed by atoms with Gasteiger partial charge in [0.25, 0.3) is 0 Å². The lowest BCUT2D eigenvalue weighted by atomic mass is 9.74. The average Bonchev–Trinajstić information content (AvgIpc) is 2.93. The van der Waals surface area contributed by atoms with E-state index in [9.17, 15) is 4.79 Å². The fraction of sp³-hybridized carbons (Fsp3) is 0.448. The smallest absolute Gasteiger partial charge is 0.228 e. The third-order valence-corrected chi connectivity index (χ3v) is 7.78. The summed E-state index contributed by atoms with van der Waals surface area (Å²) in [6.07, 6.45) is 12.9.